The predicted molar refractivity (Wildman–Crippen MR) is 62.8 cm³/mol. The number of alkyl halides is 2. The summed E-state index contributed by atoms with van der Waals surface area (Å²) in [7, 11) is 1.43. The lowest BCUT2D eigenvalue weighted by Gasteiger charge is -2.21. The maximum absolute atomic E-state index is 11.9. The van der Waals surface area contributed by atoms with Crippen LogP contribution >= 0.6 is 0 Å². The van der Waals surface area contributed by atoms with Crippen LogP contribution in [0.4, 0.5) is 14.5 Å². The highest BCUT2D eigenvalue weighted by molar-refractivity contribution is 5.96. The fourth-order valence-corrected chi connectivity index (χ4v) is 1.09. The Morgan fingerprint density at radius 1 is 1.28 bits per heavy atom. The average molecular weight is 259 g/mol. The number of methoxy groups -OCH3 is 1. The molecule has 0 atom stereocenters. The summed E-state index contributed by atoms with van der Waals surface area (Å²) in [5.74, 6) is -0.290. The van der Waals surface area contributed by atoms with E-state index in [9.17, 15) is 13.6 Å². The van der Waals surface area contributed by atoms with Crippen molar-refractivity contribution in [2.24, 2.45) is 0 Å². The summed E-state index contributed by atoms with van der Waals surface area (Å²) < 4.78 is 33.1. The molecule has 0 aliphatic heterocycles. The molecule has 0 spiro atoms. The molecule has 0 heterocycles. The maximum atomic E-state index is 11.9. The number of amides is 1. The first kappa shape index (κ1) is 14.4. The van der Waals surface area contributed by atoms with Crippen LogP contribution in [0.1, 0.15) is 13.8 Å². The number of carbonyl (C=O) groups is 1. The fourth-order valence-electron chi connectivity index (χ4n) is 1.09. The molecule has 100 valence electrons. The molecule has 0 radical (unpaired) electrons. The number of hydrogen-bond donors (Lipinski definition) is 1. The standard InChI is InChI=1S/C12H15F2NO3/c1-12(2,17-3)10(16)15-8-4-6-9(7-5-8)18-11(13)14/h4-7,11H,1-3H3,(H,15,16). The minimum absolute atomic E-state index is 0.0361. The van der Waals surface area contributed by atoms with Gasteiger partial charge in [0.1, 0.15) is 11.4 Å². The zero-order valence-electron chi connectivity index (χ0n) is 10.4. The highest BCUT2D eigenvalue weighted by atomic mass is 19.3. The molecular formula is C12H15F2NO3. The van der Waals surface area contributed by atoms with E-state index in [1.165, 1.54) is 31.4 Å². The average Bonchev–Trinajstić information content (AvgIpc) is 2.31. The van der Waals surface area contributed by atoms with Crippen LogP contribution in [0.2, 0.25) is 0 Å². The summed E-state index contributed by atoms with van der Waals surface area (Å²) in [5, 5.41) is 2.61. The van der Waals surface area contributed by atoms with E-state index in [1.807, 2.05) is 0 Å². The smallest absolute Gasteiger partial charge is 0.387 e. The molecule has 0 aromatic heterocycles. The number of ether oxygens (including phenoxy) is 2. The van der Waals surface area contributed by atoms with E-state index in [0.29, 0.717) is 5.69 Å². The highest BCUT2D eigenvalue weighted by Crippen LogP contribution is 2.19. The molecule has 1 aromatic carbocycles. The molecule has 1 amide bonds. The lowest BCUT2D eigenvalue weighted by molar-refractivity contribution is -0.133. The van der Waals surface area contributed by atoms with Crippen LogP contribution in [0, 0.1) is 0 Å². The first-order chi connectivity index (χ1) is 8.35. The topological polar surface area (TPSA) is 47.6 Å². The van der Waals surface area contributed by atoms with E-state index in [1.54, 1.807) is 13.8 Å². The zero-order chi connectivity index (χ0) is 13.8. The molecule has 0 bridgehead atoms. The number of hydrogen-bond acceptors (Lipinski definition) is 3. The Hall–Kier alpha value is -1.69. The van der Waals surface area contributed by atoms with Gasteiger partial charge >= 0.3 is 6.61 Å². The third-order valence-electron chi connectivity index (χ3n) is 2.39. The first-order valence-electron chi connectivity index (χ1n) is 5.26. The van der Waals surface area contributed by atoms with Crippen molar-refractivity contribution in [3.05, 3.63) is 24.3 Å². The van der Waals surface area contributed by atoms with Crippen LogP contribution in [-0.2, 0) is 9.53 Å². The number of nitrogens with one attached hydrogen (secondary N) is 1. The van der Waals surface area contributed by atoms with E-state index in [0.717, 1.165) is 0 Å². The summed E-state index contributed by atoms with van der Waals surface area (Å²) >= 11 is 0. The molecule has 0 saturated carbocycles. The lowest BCUT2D eigenvalue weighted by Crippen LogP contribution is -2.38. The summed E-state index contributed by atoms with van der Waals surface area (Å²) in [4.78, 5) is 11.7. The van der Waals surface area contributed by atoms with Crippen LogP contribution < -0.4 is 10.1 Å². The largest absolute Gasteiger partial charge is 0.435 e. The van der Waals surface area contributed by atoms with Crippen LogP contribution in [0.5, 0.6) is 5.75 Å². The first-order valence-corrected chi connectivity index (χ1v) is 5.26. The molecule has 0 fully saturated rings. The van der Waals surface area contributed by atoms with Gasteiger partial charge in [0.25, 0.3) is 5.91 Å². The normalized spacial score (nSPS) is 11.4. The van der Waals surface area contributed by atoms with Crippen molar-refractivity contribution in [2.45, 2.75) is 26.1 Å². The molecule has 18 heavy (non-hydrogen) atoms. The Labute approximate surface area is 104 Å². The maximum Gasteiger partial charge on any atom is 0.387 e. The Kier molecular flexibility index (Phi) is 4.61. The molecule has 4 nitrogen and oxygen atoms in total. The zero-order valence-corrected chi connectivity index (χ0v) is 10.4. The number of anilines is 1. The summed E-state index contributed by atoms with van der Waals surface area (Å²) in [6.07, 6.45) is 0. The summed E-state index contributed by atoms with van der Waals surface area (Å²) in [6.45, 7) is 0.380. The Balaban J connectivity index is 2.67. The van der Waals surface area contributed by atoms with Crippen molar-refractivity contribution >= 4 is 11.6 Å². The molecule has 1 rings (SSSR count). The highest BCUT2D eigenvalue weighted by Gasteiger charge is 2.26. The third-order valence-corrected chi connectivity index (χ3v) is 2.39. The van der Waals surface area contributed by atoms with Crippen LogP contribution in [0.25, 0.3) is 0 Å². The van der Waals surface area contributed by atoms with Gasteiger partial charge in [-0.1, -0.05) is 0 Å². The van der Waals surface area contributed by atoms with E-state index < -0.39 is 12.2 Å². The van der Waals surface area contributed by atoms with Crippen LogP contribution in [0.3, 0.4) is 0 Å². The van der Waals surface area contributed by atoms with Crippen molar-refractivity contribution in [3.63, 3.8) is 0 Å². The van der Waals surface area contributed by atoms with E-state index in [2.05, 4.69) is 10.1 Å². The molecular weight excluding hydrogens is 244 g/mol. The van der Waals surface area contributed by atoms with Gasteiger partial charge in [0.05, 0.1) is 0 Å². The van der Waals surface area contributed by atoms with Crippen LogP contribution in [0.15, 0.2) is 24.3 Å². The monoisotopic (exact) mass is 259 g/mol. The van der Waals surface area contributed by atoms with Gasteiger partial charge in [0.2, 0.25) is 0 Å². The van der Waals surface area contributed by atoms with Gasteiger partial charge in [-0.25, -0.2) is 0 Å². The van der Waals surface area contributed by atoms with Gasteiger partial charge in [-0.3, -0.25) is 4.79 Å². The third kappa shape index (κ3) is 3.96. The number of halogens is 2. The minimum atomic E-state index is -2.86. The Morgan fingerprint density at radius 2 is 1.83 bits per heavy atom. The SMILES string of the molecule is COC(C)(C)C(=O)Nc1ccc(OC(F)F)cc1. The fraction of sp³-hybridized carbons (Fsp3) is 0.417. The molecule has 0 saturated heterocycles. The van der Waals surface area contributed by atoms with Gasteiger partial charge in [-0.05, 0) is 38.1 Å². The van der Waals surface area contributed by atoms with Crippen molar-refractivity contribution in [3.8, 4) is 5.75 Å². The Bertz CT molecular complexity index is 404. The Morgan fingerprint density at radius 3 is 2.28 bits per heavy atom. The molecule has 0 aliphatic carbocycles. The molecule has 6 heteroatoms. The van der Waals surface area contributed by atoms with Crippen LogP contribution in [-0.4, -0.2) is 25.2 Å². The summed E-state index contributed by atoms with van der Waals surface area (Å²) in [5.41, 5.74) is -0.482. The number of carbonyl (C=O) groups excluding carboxylic acids is 1. The van der Waals surface area contributed by atoms with Crippen molar-refractivity contribution in [2.75, 3.05) is 12.4 Å². The van der Waals surface area contributed by atoms with Crippen molar-refractivity contribution < 1.29 is 23.0 Å². The second-order valence-corrected chi connectivity index (χ2v) is 4.07. The number of rotatable bonds is 5. The van der Waals surface area contributed by atoms with Gasteiger partial charge in [0, 0.05) is 12.8 Å². The molecule has 1 N–H and O–H groups in total. The summed E-state index contributed by atoms with van der Waals surface area (Å²) in [6, 6.07) is 5.64. The van der Waals surface area contributed by atoms with Gasteiger partial charge in [-0.15, -0.1) is 0 Å². The molecule has 1 aromatic rings. The molecule has 0 unspecified atom stereocenters. The van der Waals surface area contributed by atoms with Gasteiger partial charge in [0.15, 0.2) is 0 Å². The van der Waals surface area contributed by atoms with E-state index >= 15 is 0 Å². The van der Waals surface area contributed by atoms with Crippen molar-refractivity contribution in [1.82, 2.24) is 0 Å². The van der Waals surface area contributed by atoms with Gasteiger partial charge < -0.3 is 14.8 Å². The quantitative estimate of drug-likeness (QED) is 0.884. The van der Waals surface area contributed by atoms with E-state index in [4.69, 9.17) is 4.74 Å². The number of benzene rings is 1. The second-order valence-electron chi connectivity index (χ2n) is 4.07. The second kappa shape index (κ2) is 5.77. The van der Waals surface area contributed by atoms with Crippen molar-refractivity contribution in [1.29, 1.82) is 0 Å². The molecule has 0 aliphatic rings. The lowest BCUT2D eigenvalue weighted by atomic mass is 10.1. The van der Waals surface area contributed by atoms with E-state index in [-0.39, 0.29) is 11.7 Å². The van der Waals surface area contributed by atoms with Gasteiger partial charge in [-0.2, -0.15) is 8.78 Å². The minimum Gasteiger partial charge on any atom is -0.435 e. The predicted octanol–water partition coefficient (Wildman–Crippen LogP) is 2.65.